The summed E-state index contributed by atoms with van der Waals surface area (Å²) in [6, 6.07) is 9.40. The van der Waals surface area contributed by atoms with E-state index in [4.69, 9.17) is 4.74 Å². The second kappa shape index (κ2) is 5.00. The lowest BCUT2D eigenvalue weighted by Gasteiger charge is -2.16. The average molecular weight is 180 g/mol. The lowest BCUT2D eigenvalue weighted by atomic mass is 10.2. The lowest BCUT2D eigenvalue weighted by molar-refractivity contribution is -0.135. The lowest BCUT2D eigenvalue weighted by Crippen LogP contribution is -2.12. The Balaban J connectivity index is 2.53. The molecule has 1 aromatic rings. The molecule has 2 atom stereocenters. The Bertz CT molecular complexity index is 233. The molecule has 1 unspecified atom stereocenters. The summed E-state index contributed by atoms with van der Waals surface area (Å²) in [5.41, 5.74) is 0.808. The predicted molar refractivity (Wildman–Crippen MR) is 52.2 cm³/mol. The van der Waals surface area contributed by atoms with Gasteiger partial charge in [0.05, 0.1) is 6.10 Å². The first-order valence-corrected chi connectivity index (χ1v) is 4.62. The quantitative estimate of drug-likeness (QED) is 0.721. The summed E-state index contributed by atoms with van der Waals surface area (Å²) in [6.45, 7) is 3.98. The zero-order valence-corrected chi connectivity index (χ0v) is 8.10. The van der Waals surface area contributed by atoms with Crippen LogP contribution in [0, 0.1) is 0 Å². The van der Waals surface area contributed by atoms with E-state index >= 15 is 0 Å². The van der Waals surface area contributed by atoms with Gasteiger partial charge in [0.25, 0.3) is 0 Å². The summed E-state index contributed by atoms with van der Waals surface area (Å²) in [5.74, 6) is 0. The minimum Gasteiger partial charge on any atom is -0.364 e. The third-order valence-corrected chi connectivity index (χ3v) is 2.02. The smallest absolute Gasteiger partial charge is 0.181 e. The highest BCUT2D eigenvalue weighted by Gasteiger charge is 2.09. The van der Waals surface area contributed by atoms with Gasteiger partial charge in [-0.1, -0.05) is 37.3 Å². The minimum absolute atomic E-state index is 0.0928. The van der Waals surface area contributed by atoms with Gasteiger partial charge in [-0.25, -0.2) is 0 Å². The van der Waals surface area contributed by atoms with Crippen molar-refractivity contribution in [3.63, 3.8) is 0 Å². The van der Waals surface area contributed by atoms with Crippen molar-refractivity contribution < 1.29 is 9.84 Å². The maximum Gasteiger partial charge on any atom is 0.181 e. The van der Waals surface area contributed by atoms with Gasteiger partial charge in [0.1, 0.15) is 0 Å². The van der Waals surface area contributed by atoms with Crippen molar-refractivity contribution in [1.82, 2.24) is 0 Å². The fourth-order valence-electron chi connectivity index (χ4n) is 1.01. The van der Waals surface area contributed by atoms with E-state index in [2.05, 4.69) is 0 Å². The number of aliphatic hydroxyl groups is 1. The largest absolute Gasteiger partial charge is 0.364 e. The van der Waals surface area contributed by atoms with E-state index in [0.29, 0.717) is 0 Å². The Morgan fingerprint density at radius 1 is 1.31 bits per heavy atom. The van der Waals surface area contributed by atoms with Gasteiger partial charge in [-0.2, -0.15) is 0 Å². The van der Waals surface area contributed by atoms with E-state index in [-0.39, 0.29) is 6.10 Å². The molecule has 0 bridgehead atoms. The Hall–Kier alpha value is -0.860. The van der Waals surface area contributed by atoms with Gasteiger partial charge in [-0.05, 0) is 13.3 Å². The Morgan fingerprint density at radius 3 is 2.46 bits per heavy atom. The number of ether oxygens (including phenoxy) is 1. The molecule has 13 heavy (non-hydrogen) atoms. The Kier molecular flexibility index (Phi) is 3.93. The van der Waals surface area contributed by atoms with Gasteiger partial charge in [-0.3, -0.25) is 0 Å². The van der Waals surface area contributed by atoms with Crippen LogP contribution < -0.4 is 0 Å². The summed E-state index contributed by atoms with van der Waals surface area (Å²) >= 11 is 0. The maximum absolute atomic E-state index is 9.60. The SMILES string of the molecule is CC[C@H](C)OC(O)c1ccccc1. The Morgan fingerprint density at radius 2 is 1.92 bits per heavy atom. The third-order valence-electron chi connectivity index (χ3n) is 2.02. The zero-order chi connectivity index (χ0) is 9.68. The van der Waals surface area contributed by atoms with Crippen LogP contribution in [0.3, 0.4) is 0 Å². The van der Waals surface area contributed by atoms with Crippen LogP contribution in [0.25, 0.3) is 0 Å². The maximum atomic E-state index is 9.60. The van der Waals surface area contributed by atoms with Crippen molar-refractivity contribution in [3.05, 3.63) is 35.9 Å². The van der Waals surface area contributed by atoms with Crippen LogP contribution in [0.1, 0.15) is 32.1 Å². The first kappa shape index (κ1) is 10.2. The van der Waals surface area contributed by atoms with E-state index in [9.17, 15) is 5.11 Å². The molecule has 72 valence electrons. The van der Waals surface area contributed by atoms with Crippen molar-refractivity contribution in [1.29, 1.82) is 0 Å². The van der Waals surface area contributed by atoms with E-state index in [1.165, 1.54) is 0 Å². The second-order valence-corrected chi connectivity index (χ2v) is 3.12. The monoisotopic (exact) mass is 180 g/mol. The van der Waals surface area contributed by atoms with Crippen molar-refractivity contribution in [2.45, 2.75) is 32.7 Å². The molecule has 0 aliphatic heterocycles. The van der Waals surface area contributed by atoms with Crippen LogP contribution in [0.15, 0.2) is 30.3 Å². The van der Waals surface area contributed by atoms with Gasteiger partial charge < -0.3 is 9.84 Å². The van der Waals surface area contributed by atoms with Crippen molar-refractivity contribution in [2.75, 3.05) is 0 Å². The van der Waals surface area contributed by atoms with Gasteiger partial charge in [0.15, 0.2) is 6.29 Å². The Labute approximate surface area is 79.2 Å². The molecule has 0 saturated carbocycles. The molecule has 0 aliphatic carbocycles. The van der Waals surface area contributed by atoms with Crippen molar-refractivity contribution >= 4 is 0 Å². The van der Waals surface area contributed by atoms with Crippen LogP contribution in [-0.4, -0.2) is 11.2 Å². The van der Waals surface area contributed by atoms with Crippen LogP contribution in [0.4, 0.5) is 0 Å². The van der Waals surface area contributed by atoms with Crippen LogP contribution in [0.5, 0.6) is 0 Å². The first-order chi connectivity index (χ1) is 6.24. The van der Waals surface area contributed by atoms with E-state index < -0.39 is 6.29 Å². The fourth-order valence-corrected chi connectivity index (χ4v) is 1.01. The molecule has 2 nitrogen and oxygen atoms in total. The van der Waals surface area contributed by atoms with Crippen LogP contribution in [0.2, 0.25) is 0 Å². The minimum atomic E-state index is -0.795. The molecule has 0 amide bonds. The number of benzene rings is 1. The van der Waals surface area contributed by atoms with E-state index in [0.717, 1.165) is 12.0 Å². The average Bonchev–Trinajstić information content (AvgIpc) is 2.19. The highest BCUT2D eigenvalue weighted by molar-refractivity contribution is 5.15. The number of rotatable bonds is 4. The molecule has 0 aliphatic rings. The molecule has 1 rings (SSSR count). The molecule has 2 heteroatoms. The third kappa shape index (κ3) is 3.17. The van der Waals surface area contributed by atoms with Crippen LogP contribution >= 0.6 is 0 Å². The molecule has 0 fully saturated rings. The summed E-state index contributed by atoms with van der Waals surface area (Å²) in [5, 5.41) is 9.60. The number of aliphatic hydroxyl groups excluding tert-OH is 1. The van der Waals surface area contributed by atoms with Gasteiger partial charge >= 0.3 is 0 Å². The molecule has 0 radical (unpaired) electrons. The molecular weight excluding hydrogens is 164 g/mol. The molecule has 0 aromatic heterocycles. The van der Waals surface area contributed by atoms with E-state index in [1.54, 1.807) is 0 Å². The summed E-state index contributed by atoms with van der Waals surface area (Å²) in [4.78, 5) is 0. The molecule has 0 spiro atoms. The summed E-state index contributed by atoms with van der Waals surface area (Å²) in [6.07, 6.45) is 0.204. The topological polar surface area (TPSA) is 29.5 Å². The molecule has 0 heterocycles. The predicted octanol–water partition coefficient (Wildman–Crippen LogP) is 2.49. The van der Waals surface area contributed by atoms with Crippen molar-refractivity contribution in [2.24, 2.45) is 0 Å². The standard InChI is InChI=1S/C11H16O2/c1-3-9(2)13-11(12)10-7-5-4-6-8-10/h4-9,11-12H,3H2,1-2H3/t9-,11?/m0/s1. The number of hydrogen-bond acceptors (Lipinski definition) is 2. The number of hydrogen-bond donors (Lipinski definition) is 1. The van der Waals surface area contributed by atoms with Crippen LogP contribution in [-0.2, 0) is 4.74 Å². The van der Waals surface area contributed by atoms with Gasteiger partial charge in [-0.15, -0.1) is 0 Å². The van der Waals surface area contributed by atoms with E-state index in [1.807, 2.05) is 44.2 Å². The molecule has 1 aromatic carbocycles. The summed E-state index contributed by atoms with van der Waals surface area (Å²) in [7, 11) is 0. The molecular formula is C11H16O2. The normalized spacial score (nSPS) is 15.3. The van der Waals surface area contributed by atoms with Gasteiger partial charge in [0.2, 0.25) is 0 Å². The second-order valence-electron chi connectivity index (χ2n) is 3.12. The van der Waals surface area contributed by atoms with Crippen molar-refractivity contribution in [3.8, 4) is 0 Å². The molecule has 0 saturated heterocycles. The first-order valence-electron chi connectivity index (χ1n) is 4.62. The fraction of sp³-hybridized carbons (Fsp3) is 0.455. The highest BCUT2D eigenvalue weighted by Crippen LogP contribution is 2.16. The highest BCUT2D eigenvalue weighted by atomic mass is 16.6. The van der Waals surface area contributed by atoms with Gasteiger partial charge in [0, 0.05) is 5.56 Å². The summed E-state index contributed by atoms with van der Waals surface area (Å²) < 4.78 is 5.34. The zero-order valence-electron chi connectivity index (χ0n) is 8.10. The molecule has 1 N–H and O–H groups in total.